The maximum atomic E-state index is 11.8. The van der Waals surface area contributed by atoms with Gasteiger partial charge >= 0.3 is 0 Å². The second kappa shape index (κ2) is 7.03. The van der Waals surface area contributed by atoms with E-state index < -0.39 is 9.84 Å². The number of rotatable bonds is 5. The minimum absolute atomic E-state index is 0.324. The number of aromatic nitrogens is 1. The van der Waals surface area contributed by atoms with Crippen LogP contribution in [-0.2, 0) is 16.3 Å². The first kappa shape index (κ1) is 17.5. The first-order valence-corrected chi connectivity index (χ1v) is 11.4. The van der Waals surface area contributed by atoms with Crippen LogP contribution in [0.4, 0.5) is 5.82 Å². The van der Waals surface area contributed by atoms with Gasteiger partial charge in [-0.25, -0.2) is 13.4 Å². The molecule has 1 aliphatic carbocycles. The lowest BCUT2D eigenvalue weighted by Crippen LogP contribution is -2.27. The van der Waals surface area contributed by atoms with Gasteiger partial charge in [0.15, 0.2) is 9.84 Å². The number of pyridine rings is 1. The van der Waals surface area contributed by atoms with Crippen molar-refractivity contribution in [3.8, 4) is 0 Å². The number of benzene rings is 1. The molecule has 4 nitrogen and oxygen atoms in total. The van der Waals surface area contributed by atoms with Gasteiger partial charge in [-0.2, -0.15) is 0 Å². The van der Waals surface area contributed by atoms with Crippen LogP contribution in [0.5, 0.6) is 0 Å². The topological polar surface area (TPSA) is 59.1 Å². The van der Waals surface area contributed by atoms with E-state index in [0.717, 1.165) is 24.6 Å². The van der Waals surface area contributed by atoms with Crippen molar-refractivity contribution >= 4 is 15.7 Å². The molecule has 1 saturated carbocycles. The van der Waals surface area contributed by atoms with E-state index in [-0.39, 0.29) is 0 Å². The van der Waals surface area contributed by atoms with E-state index in [2.05, 4.69) is 16.4 Å². The Kier molecular flexibility index (Phi) is 4.74. The third-order valence-electron chi connectivity index (χ3n) is 5.94. The zero-order valence-corrected chi connectivity index (χ0v) is 16.0. The van der Waals surface area contributed by atoms with Gasteiger partial charge in [-0.15, -0.1) is 0 Å². The third kappa shape index (κ3) is 3.63. The fourth-order valence-corrected chi connectivity index (χ4v) is 5.17. The summed E-state index contributed by atoms with van der Waals surface area (Å²) in [4.78, 5) is 4.87. The van der Waals surface area contributed by atoms with Crippen LogP contribution in [-0.4, -0.2) is 25.7 Å². The number of anilines is 1. The minimum Gasteiger partial charge on any atom is -0.366 e. The quantitative estimate of drug-likeness (QED) is 0.857. The van der Waals surface area contributed by atoms with Crippen LogP contribution in [0.1, 0.15) is 49.1 Å². The second-order valence-corrected chi connectivity index (χ2v) is 9.82. The Morgan fingerprint density at radius 3 is 2.54 bits per heavy atom. The summed E-state index contributed by atoms with van der Waals surface area (Å²) in [6.07, 6.45) is 10.5. The van der Waals surface area contributed by atoms with Crippen LogP contribution in [0.15, 0.2) is 47.5 Å². The average molecular weight is 371 g/mol. The van der Waals surface area contributed by atoms with E-state index >= 15 is 0 Å². The Balaban J connectivity index is 1.61. The van der Waals surface area contributed by atoms with Crippen molar-refractivity contribution in [2.75, 3.05) is 11.6 Å². The molecule has 0 amide bonds. The molecule has 1 fully saturated rings. The van der Waals surface area contributed by atoms with E-state index in [1.807, 2.05) is 24.4 Å². The highest BCUT2D eigenvalue weighted by Crippen LogP contribution is 2.40. The van der Waals surface area contributed by atoms with Gasteiger partial charge in [0.1, 0.15) is 5.82 Å². The summed E-state index contributed by atoms with van der Waals surface area (Å²) in [7, 11) is -3.16. The lowest BCUT2D eigenvalue weighted by Gasteiger charge is -2.27. The molecule has 2 unspecified atom stereocenters. The predicted molar refractivity (Wildman–Crippen MR) is 104 cm³/mol. The molecule has 1 N–H and O–H groups in total. The van der Waals surface area contributed by atoms with Crippen LogP contribution in [0.2, 0.25) is 0 Å². The molecular weight excluding hydrogens is 344 g/mol. The highest BCUT2D eigenvalue weighted by Gasteiger charge is 2.32. The van der Waals surface area contributed by atoms with Gasteiger partial charge in [-0.1, -0.05) is 43.9 Å². The van der Waals surface area contributed by atoms with Crippen molar-refractivity contribution in [3.05, 3.63) is 53.7 Å². The molecule has 1 aromatic carbocycles. The van der Waals surface area contributed by atoms with Crippen LogP contribution in [0.3, 0.4) is 0 Å². The van der Waals surface area contributed by atoms with E-state index in [9.17, 15) is 8.42 Å². The Labute approximate surface area is 156 Å². The summed E-state index contributed by atoms with van der Waals surface area (Å²) in [6, 6.07) is 12.0. The molecular formula is C21H26N2O2S. The van der Waals surface area contributed by atoms with E-state index in [4.69, 9.17) is 0 Å². The highest BCUT2D eigenvalue weighted by atomic mass is 32.2. The van der Waals surface area contributed by atoms with E-state index in [1.54, 1.807) is 12.1 Å². The normalized spacial score (nSPS) is 21.3. The third-order valence-corrected chi connectivity index (χ3v) is 7.07. The zero-order valence-electron chi connectivity index (χ0n) is 15.2. The first-order chi connectivity index (χ1) is 12.5. The molecule has 2 aromatic rings. The lowest BCUT2D eigenvalue weighted by molar-refractivity contribution is 0.413. The van der Waals surface area contributed by atoms with Gasteiger partial charge in [0, 0.05) is 24.4 Å². The Hall–Kier alpha value is -1.88. The van der Waals surface area contributed by atoms with Crippen LogP contribution in [0.25, 0.3) is 0 Å². The summed E-state index contributed by atoms with van der Waals surface area (Å²) in [5, 5.41) is 3.62. The average Bonchev–Trinajstić information content (AvgIpc) is 3.28. The fourth-order valence-electron chi connectivity index (χ4n) is 4.54. The molecule has 2 heterocycles. The molecule has 4 rings (SSSR count). The highest BCUT2D eigenvalue weighted by molar-refractivity contribution is 7.90. The van der Waals surface area contributed by atoms with Gasteiger partial charge in [-0.05, 0) is 48.1 Å². The van der Waals surface area contributed by atoms with Gasteiger partial charge in [0.25, 0.3) is 0 Å². The molecule has 5 heteroatoms. The number of nitrogens with zero attached hydrogens (tertiary/aromatic N) is 1. The van der Waals surface area contributed by atoms with Gasteiger partial charge in [-0.3, -0.25) is 0 Å². The fraction of sp³-hybridized carbons (Fsp3) is 0.476. The summed E-state index contributed by atoms with van der Waals surface area (Å²) < 4.78 is 23.6. The van der Waals surface area contributed by atoms with E-state index in [0.29, 0.717) is 16.9 Å². The standard InChI is InChI=1S/C21H26N2O2S/c1-26(24,25)18-10-8-16(9-11-18)19(13-15-5-2-3-6-15)20-14-17-7-4-12-22-21(17)23-20/h4,7-12,15,19-20H,2-3,5-6,13-14H2,1H3,(H,22,23). The molecule has 0 bridgehead atoms. The lowest BCUT2D eigenvalue weighted by atomic mass is 9.82. The molecule has 0 spiro atoms. The predicted octanol–water partition coefficient (Wildman–Crippen LogP) is 4.19. The summed E-state index contributed by atoms with van der Waals surface area (Å²) in [5.74, 6) is 2.15. The van der Waals surface area contributed by atoms with Crippen LogP contribution < -0.4 is 5.32 Å². The molecule has 1 aliphatic heterocycles. The van der Waals surface area contributed by atoms with E-state index in [1.165, 1.54) is 43.1 Å². The Morgan fingerprint density at radius 1 is 1.15 bits per heavy atom. The van der Waals surface area contributed by atoms with Crippen molar-refractivity contribution in [3.63, 3.8) is 0 Å². The number of nitrogens with one attached hydrogen (secondary N) is 1. The van der Waals surface area contributed by atoms with Crippen molar-refractivity contribution < 1.29 is 8.42 Å². The maximum Gasteiger partial charge on any atom is 0.175 e. The van der Waals surface area contributed by atoms with Crippen molar-refractivity contribution in [2.45, 2.75) is 55.4 Å². The smallest absolute Gasteiger partial charge is 0.175 e. The number of fused-ring (bicyclic) bond motifs is 1. The molecule has 2 aliphatic rings. The molecule has 0 saturated heterocycles. The minimum atomic E-state index is -3.16. The first-order valence-electron chi connectivity index (χ1n) is 9.51. The summed E-state index contributed by atoms with van der Waals surface area (Å²) in [5.41, 5.74) is 2.51. The largest absolute Gasteiger partial charge is 0.366 e. The summed E-state index contributed by atoms with van der Waals surface area (Å²) in [6.45, 7) is 0. The van der Waals surface area contributed by atoms with Crippen LogP contribution in [0, 0.1) is 5.92 Å². The monoisotopic (exact) mass is 370 g/mol. The second-order valence-electron chi connectivity index (χ2n) is 7.80. The molecule has 0 radical (unpaired) electrons. The maximum absolute atomic E-state index is 11.8. The Morgan fingerprint density at radius 2 is 1.88 bits per heavy atom. The molecule has 2 atom stereocenters. The zero-order chi connectivity index (χ0) is 18.1. The van der Waals surface area contributed by atoms with Gasteiger partial charge in [0.05, 0.1) is 4.90 Å². The number of sulfone groups is 1. The van der Waals surface area contributed by atoms with Crippen molar-refractivity contribution in [1.82, 2.24) is 4.98 Å². The van der Waals surface area contributed by atoms with Crippen molar-refractivity contribution in [1.29, 1.82) is 0 Å². The number of hydrogen-bond donors (Lipinski definition) is 1. The molecule has 26 heavy (non-hydrogen) atoms. The van der Waals surface area contributed by atoms with Gasteiger partial charge in [0.2, 0.25) is 0 Å². The SMILES string of the molecule is CS(=O)(=O)c1ccc(C(CC2CCCC2)C2Cc3cccnc3N2)cc1. The molecule has 1 aromatic heterocycles. The molecule has 138 valence electrons. The van der Waals surface area contributed by atoms with Crippen LogP contribution >= 0.6 is 0 Å². The van der Waals surface area contributed by atoms with Gasteiger partial charge < -0.3 is 5.32 Å². The number of hydrogen-bond acceptors (Lipinski definition) is 4. The summed E-state index contributed by atoms with van der Waals surface area (Å²) >= 11 is 0. The Bertz CT molecular complexity index is 846. The van der Waals surface area contributed by atoms with Crippen molar-refractivity contribution in [2.24, 2.45) is 5.92 Å².